The topological polar surface area (TPSA) is 39.2 Å². The number of nitrogens with zero attached hydrogens (tertiary/aromatic N) is 1. The molecule has 0 amide bonds. The van der Waals surface area contributed by atoms with Gasteiger partial charge in [0.15, 0.2) is 5.75 Å². The van der Waals surface area contributed by atoms with Crippen LogP contribution in [-0.2, 0) is 0 Å². The second kappa shape index (κ2) is 6.58. The van der Waals surface area contributed by atoms with Crippen LogP contribution in [0.1, 0.15) is 10.4 Å². The molecule has 0 unspecified atom stereocenters. The van der Waals surface area contributed by atoms with Gasteiger partial charge in [-0.1, -0.05) is 42.5 Å². The van der Waals surface area contributed by atoms with Crippen LogP contribution in [0.25, 0.3) is 21.8 Å². The molecule has 0 aliphatic carbocycles. The lowest BCUT2D eigenvalue weighted by molar-refractivity contribution is 0.0736. The Morgan fingerprint density at radius 1 is 0.760 bits per heavy atom. The van der Waals surface area contributed by atoms with E-state index in [2.05, 4.69) is 36.8 Å². The van der Waals surface area contributed by atoms with Gasteiger partial charge in [-0.2, -0.15) is 0 Å². The summed E-state index contributed by atoms with van der Waals surface area (Å²) in [6, 6.07) is 20.7. The number of ether oxygens (including phenoxy) is 1. The van der Waals surface area contributed by atoms with E-state index in [1.165, 1.54) is 0 Å². The summed E-state index contributed by atoms with van der Waals surface area (Å²) >= 11 is 6.86. The van der Waals surface area contributed by atoms with Crippen LogP contribution < -0.4 is 4.74 Å². The summed E-state index contributed by atoms with van der Waals surface area (Å²) < 4.78 is 7.13. The van der Waals surface area contributed by atoms with Crippen LogP contribution in [0.5, 0.6) is 5.75 Å². The minimum atomic E-state index is -0.414. The van der Waals surface area contributed by atoms with Crippen LogP contribution in [0.3, 0.4) is 0 Å². The smallest absolute Gasteiger partial charge is 0.344 e. The number of hydrogen-bond donors (Lipinski definition) is 0. The average Bonchev–Trinajstić information content (AvgIpc) is 2.62. The summed E-state index contributed by atoms with van der Waals surface area (Å²) in [6.45, 7) is 0. The zero-order valence-electron chi connectivity index (χ0n) is 12.9. The highest BCUT2D eigenvalue weighted by molar-refractivity contribution is 9.11. The Balaban J connectivity index is 1.93. The standard InChI is InChI=1S/C20H11Br2NO2/c21-14-8-5-9-15(22)19(14)25-20(24)18-12-6-1-3-10-16(12)23-17-11-4-2-7-13(17)18/h1-11H. The number of carbonyl (C=O) groups is 1. The van der Waals surface area contributed by atoms with Crippen LogP contribution in [0.2, 0.25) is 0 Å². The molecule has 0 radical (unpaired) electrons. The largest absolute Gasteiger partial charge is 0.420 e. The van der Waals surface area contributed by atoms with Crippen LogP contribution in [-0.4, -0.2) is 11.0 Å². The molecule has 3 nitrogen and oxygen atoms in total. The number of pyridine rings is 1. The first-order valence-electron chi connectivity index (χ1n) is 7.59. The minimum Gasteiger partial charge on any atom is -0.420 e. The van der Waals surface area contributed by atoms with Gasteiger partial charge in [0.2, 0.25) is 0 Å². The van der Waals surface area contributed by atoms with E-state index in [4.69, 9.17) is 4.74 Å². The third-order valence-electron chi connectivity index (χ3n) is 3.91. The fraction of sp³-hybridized carbons (Fsp3) is 0. The Kier molecular flexibility index (Phi) is 4.27. The average molecular weight is 457 g/mol. The van der Waals surface area contributed by atoms with Gasteiger partial charge in [-0.05, 0) is 56.1 Å². The van der Waals surface area contributed by atoms with E-state index < -0.39 is 5.97 Å². The molecule has 0 atom stereocenters. The highest BCUT2D eigenvalue weighted by Gasteiger charge is 2.19. The lowest BCUT2D eigenvalue weighted by Crippen LogP contribution is -2.11. The van der Waals surface area contributed by atoms with Crippen molar-refractivity contribution in [1.82, 2.24) is 4.98 Å². The Bertz CT molecular complexity index is 1050. The van der Waals surface area contributed by atoms with Gasteiger partial charge in [0.05, 0.1) is 25.5 Å². The quantitative estimate of drug-likeness (QED) is 0.207. The molecule has 1 aromatic heterocycles. The number of aromatic nitrogens is 1. The van der Waals surface area contributed by atoms with Crippen LogP contribution in [0, 0.1) is 0 Å². The first-order chi connectivity index (χ1) is 12.1. The third kappa shape index (κ3) is 2.94. The molecule has 0 bridgehead atoms. The van der Waals surface area contributed by atoms with E-state index in [0.717, 1.165) is 21.8 Å². The van der Waals surface area contributed by atoms with Gasteiger partial charge < -0.3 is 4.74 Å². The van der Waals surface area contributed by atoms with E-state index in [9.17, 15) is 4.79 Å². The zero-order valence-corrected chi connectivity index (χ0v) is 16.0. The van der Waals surface area contributed by atoms with Gasteiger partial charge >= 0.3 is 5.97 Å². The molecule has 122 valence electrons. The number of esters is 1. The molecule has 0 saturated carbocycles. The molecule has 5 heteroatoms. The summed E-state index contributed by atoms with van der Waals surface area (Å²) in [6.07, 6.45) is 0. The van der Waals surface area contributed by atoms with Crippen LogP contribution in [0.15, 0.2) is 75.7 Å². The predicted octanol–water partition coefficient (Wildman–Crippen LogP) is 6.13. The van der Waals surface area contributed by atoms with Crippen molar-refractivity contribution in [3.8, 4) is 5.75 Å². The van der Waals surface area contributed by atoms with E-state index in [1.807, 2.05) is 66.7 Å². The van der Waals surface area contributed by atoms with Crippen molar-refractivity contribution in [2.45, 2.75) is 0 Å². The SMILES string of the molecule is O=C(Oc1c(Br)cccc1Br)c1c2ccccc2nc2ccccc12. The Hall–Kier alpha value is -2.24. The molecule has 0 saturated heterocycles. The molecule has 0 aliphatic rings. The van der Waals surface area contributed by atoms with Gasteiger partial charge in [-0.3, -0.25) is 0 Å². The number of halogens is 2. The van der Waals surface area contributed by atoms with Gasteiger partial charge in [0.25, 0.3) is 0 Å². The van der Waals surface area contributed by atoms with Crippen molar-refractivity contribution in [1.29, 1.82) is 0 Å². The highest BCUT2D eigenvalue weighted by Crippen LogP contribution is 2.35. The van der Waals surface area contributed by atoms with Gasteiger partial charge in [0.1, 0.15) is 0 Å². The fourth-order valence-electron chi connectivity index (χ4n) is 2.78. The molecule has 0 spiro atoms. The Labute approximate surface area is 160 Å². The van der Waals surface area contributed by atoms with Gasteiger partial charge in [0, 0.05) is 10.8 Å². The van der Waals surface area contributed by atoms with E-state index in [-0.39, 0.29) is 0 Å². The minimum absolute atomic E-state index is 0.414. The van der Waals surface area contributed by atoms with Gasteiger partial charge in [-0.15, -0.1) is 0 Å². The second-order valence-electron chi connectivity index (χ2n) is 5.46. The first-order valence-corrected chi connectivity index (χ1v) is 9.17. The normalized spacial score (nSPS) is 11.0. The lowest BCUT2D eigenvalue weighted by atomic mass is 10.0. The number of rotatable bonds is 2. The molecule has 3 aromatic carbocycles. The van der Waals surface area contributed by atoms with Crippen LogP contribution in [0.4, 0.5) is 0 Å². The van der Waals surface area contributed by atoms with E-state index in [0.29, 0.717) is 20.3 Å². The lowest BCUT2D eigenvalue weighted by Gasteiger charge is -2.12. The van der Waals surface area contributed by atoms with Crippen molar-refractivity contribution in [3.63, 3.8) is 0 Å². The maximum absolute atomic E-state index is 13.1. The van der Waals surface area contributed by atoms with E-state index >= 15 is 0 Å². The summed E-state index contributed by atoms with van der Waals surface area (Å²) in [5, 5.41) is 1.55. The predicted molar refractivity (Wildman–Crippen MR) is 106 cm³/mol. The van der Waals surface area contributed by atoms with Crippen LogP contribution >= 0.6 is 31.9 Å². The monoisotopic (exact) mass is 455 g/mol. The summed E-state index contributed by atoms with van der Waals surface area (Å²) in [7, 11) is 0. The van der Waals surface area contributed by atoms with Crippen molar-refractivity contribution >= 4 is 59.6 Å². The second-order valence-corrected chi connectivity index (χ2v) is 7.17. The van der Waals surface area contributed by atoms with E-state index in [1.54, 1.807) is 0 Å². The molecule has 0 aliphatic heterocycles. The summed E-state index contributed by atoms with van der Waals surface area (Å²) in [5.41, 5.74) is 2.04. The van der Waals surface area contributed by atoms with Crippen molar-refractivity contribution in [3.05, 3.63) is 81.2 Å². The Morgan fingerprint density at radius 3 is 1.84 bits per heavy atom. The highest BCUT2D eigenvalue weighted by atomic mass is 79.9. The molecular weight excluding hydrogens is 446 g/mol. The maximum Gasteiger partial charge on any atom is 0.344 e. The molecule has 1 heterocycles. The maximum atomic E-state index is 13.1. The molecule has 0 fully saturated rings. The summed E-state index contributed by atoms with van der Waals surface area (Å²) in [5.74, 6) is 0.0416. The molecule has 4 rings (SSSR count). The van der Waals surface area contributed by atoms with Gasteiger partial charge in [-0.25, -0.2) is 9.78 Å². The number of benzene rings is 3. The zero-order chi connectivity index (χ0) is 17.4. The molecule has 0 N–H and O–H groups in total. The van der Waals surface area contributed by atoms with Crippen molar-refractivity contribution in [2.24, 2.45) is 0 Å². The first kappa shape index (κ1) is 16.2. The number of fused-ring (bicyclic) bond motifs is 2. The molecule has 25 heavy (non-hydrogen) atoms. The fourth-order valence-corrected chi connectivity index (χ4v) is 3.94. The van der Waals surface area contributed by atoms with Crippen molar-refractivity contribution < 1.29 is 9.53 Å². The molecular formula is C20H11Br2NO2. The molecule has 4 aromatic rings. The Morgan fingerprint density at radius 2 is 1.28 bits per heavy atom. The number of carbonyl (C=O) groups excluding carboxylic acids is 1. The van der Waals surface area contributed by atoms with Crippen molar-refractivity contribution in [2.75, 3.05) is 0 Å². The number of hydrogen-bond acceptors (Lipinski definition) is 3. The number of para-hydroxylation sites is 3. The summed E-state index contributed by atoms with van der Waals surface area (Å²) in [4.78, 5) is 17.7. The third-order valence-corrected chi connectivity index (χ3v) is 5.15.